The molecule has 1 saturated heterocycles. The third-order valence-electron chi connectivity index (χ3n) is 4.09. The number of pyridine rings is 1. The van der Waals surface area contributed by atoms with Crippen LogP contribution in [0.2, 0.25) is 0 Å². The Bertz CT molecular complexity index is 908. The van der Waals surface area contributed by atoms with Gasteiger partial charge in [-0.1, -0.05) is 12.1 Å². The van der Waals surface area contributed by atoms with Gasteiger partial charge in [0, 0.05) is 44.6 Å². The van der Waals surface area contributed by atoms with E-state index in [1.54, 1.807) is 29.4 Å². The Balaban J connectivity index is 1.62. The topological polar surface area (TPSA) is 70.6 Å². The van der Waals surface area contributed by atoms with E-state index >= 15 is 0 Å². The van der Waals surface area contributed by atoms with Crippen molar-refractivity contribution in [2.24, 2.45) is 0 Å². The van der Waals surface area contributed by atoms with Crippen molar-refractivity contribution >= 4 is 22.0 Å². The van der Waals surface area contributed by atoms with Crippen LogP contribution in [0.25, 0.3) is 6.08 Å². The second-order valence-corrected chi connectivity index (χ2v) is 7.74. The maximum absolute atomic E-state index is 13.3. The molecule has 6 nitrogen and oxygen atoms in total. The Labute approximate surface area is 151 Å². The first-order valence-corrected chi connectivity index (χ1v) is 9.53. The van der Waals surface area contributed by atoms with Crippen molar-refractivity contribution in [2.75, 3.05) is 26.2 Å². The predicted octanol–water partition coefficient (Wildman–Crippen LogP) is 1.77. The summed E-state index contributed by atoms with van der Waals surface area (Å²) in [5.74, 6) is -0.780. The molecular weight excluding hydrogens is 357 g/mol. The van der Waals surface area contributed by atoms with Gasteiger partial charge in [-0.15, -0.1) is 0 Å². The van der Waals surface area contributed by atoms with Crippen molar-refractivity contribution in [3.63, 3.8) is 0 Å². The predicted molar refractivity (Wildman–Crippen MR) is 95.0 cm³/mol. The lowest BCUT2D eigenvalue weighted by Gasteiger charge is -2.33. The molecule has 1 aromatic carbocycles. The first kappa shape index (κ1) is 18.2. The standard InChI is InChI=1S/C18H18FN3O3S/c19-16-4-1-5-17(13-16)26(24,25)22-11-9-21(10-12-22)18(23)7-6-15-3-2-8-20-14-15/h1-8,13-14H,9-12H2/b7-6+. The molecule has 8 heteroatoms. The highest BCUT2D eigenvalue weighted by atomic mass is 32.2. The van der Waals surface area contributed by atoms with Gasteiger partial charge in [-0.3, -0.25) is 9.78 Å². The average molecular weight is 375 g/mol. The number of hydrogen-bond acceptors (Lipinski definition) is 4. The van der Waals surface area contributed by atoms with Crippen LogP contribution in [0.4, 0.5) is 4.39 Å². The summed E-state index contributed by atoms with van der Waals surface area (Å²) in [6.45, 7) is 0.909. The van der Waals surface area contributed by atoms with Crippen LogP contribution < -0.4 is 0 Å². The molecule has 1 aromatic heterocycles. The number of hydrogen-bond donors (Lipinski definition) is 0. The lowest BCUT2D eigenvalue weighted by Crippen LogP contribution is -2.50. The molecule has 1 amide bonds. The van der Waals surface area contributed by atoms with Crippen molar-refractivity contribution in [1.82, 2.24) is 14.2 Å². The second kappa shape index (κ2) is 7.76. The smallest absolute Gasteiger partial charge is 0.246 e. The van der Waals surface area contributed by atoms with Crippen LogP contribution in [0.15, 0.2) is 59.8 Å². The van der Waals surface area contributed by atoms with E-state index in [1.807, 2.05) is 6.07 Å². The van der Waals surface area contributed by atoms with Crippen LogP contribution in [0.5, 0.6) is 0 Å². The number of aromatic nitrogens is 1. The fourth-order valence-corrected chi connectivity index (χ4v) is 4.13. The Hall–Kier alpha value is -2.58. The van der Waals surface area contributed by atoms with Crippen molar-refractivity contribution < 1.29 is 17.6 Å². The molecule has 0 bridgehead atoms. The van der Waals surface area contributed by atoms with Crippen LogP contribution in [-0.4, -0.2) is 54.7 Å². The van der Waals surface area contributed by atoms with E-state index in [0.717, 1.165) is 11.6 Å². The van der Waals surface area contributed by atoms with E-state index < -0.39 is 15.8 Å². The van der Waals surface area contributed by atoms with Gasteiger partial charge in [-0.05, 0) is 35.9 Å². The Morgan fingerprint density at radius 2 is 1.88 bits per heavy atom. The summed E-state index contributed by atoms with van der Waals surface area (Å²) in [6, 6.07) is 8.55. The molecule has 1 aliphatic rings. The van der Waals surface area contributed by atoms with Gasteiger partial charge in [0.1, 0.15) is 5.82 Å². The van der Waals surface area contributed by atoms with Gasteiger partial charge in [0.05, 0.1) is 4.90 Å². The molecule has 0 aliphatic carbocycles. The van der Waals surface area contributed by atoms with Gasteiger partial charge in [-0.25, -0.2) is 12.8 Å². The molecular formula is C18H18FN3O3S. The van der Waals surface area contributed by atoms with E-state index in [0.29, 0.717) is 0 Å². The first-order valence-electron chi connectivity index (χ1n) is 8.09. The van der Waals surface area contributed by atoms with Gasteiger partial charge >= 0.3 is 0 Å². The van der Waals surface area contributed by atoms with E-state index in [4.69, 9.17) is 0 Å². The Morgan fingerprint density at radius 3 is 2.54 bits per heavy atom. The highest BCUT2D eigenvalue weighted by molar-refractivity contribution is 7.89. The number of rotatable bonds is 4. The molecule has 0 unspecified atom stereocenters. The zero-order chi connectivity index (χ0) is 18.6. The van der Waals surface area contributed by atoms with Gasteiger partial charge in [0.2, 0.25) is 15.9 Å². The minimum Gasteiger partial charge on any atom is -0.337 e. The summed E-state index contributed by atoms with van der Waals surface area (Å²) in [4.78, 5) is 17.7. The van der Waals surface area contributed by atoms with Crippen LogP contribution in [0, 0.1) is 5.82 Å². The lowest BCUT2D eigenvalue weighted by molar-refractivity contribution is -0.127. The van der Waals surface area contributed by atoms with Crippen LogP contribution in [0.1, 0.15) is 5.56 Å². The lowest BCUT2D eigenvalue weighted by atomic mass is 10.2. The van der Waals surface area contributed by atoms with Crippen LogP contribution >= 0.6 is 0 Å². The van der Waals surface area contributed by atoms with E-state index in [2.05, 4.69) is 4.98 Å². The molecule has 0 saturated carbocycles. The van der Waals surface area contributed by atoms with E-state index in [9.17, 15) is 17.6 Å². The van der Waals surface area contributed by atoms with Gasteiger partial charge in [0.15, 0.2) is 0 Å². The van der Waals surface area contributed by atoms with Gasteiger partial charge in [-0.2, -0.15) is 4.31 Å². The van der Waals surface area contributed by atoms with Crippen molar-refractivity contribution in [1.29, 1.82) is 0 Å². The molecule has 26 heavy (non-hydrogen) atoms. The highest BCUT2D eigenvalue weighted by Gasteiger charge is 2.29. The van der Waals surface area contributed by atoms with Crippen molar-refractivity contribution in [2.45, 2.75) is 4.90 Å². The quantitative estimate of drug-likeness (QED) is 0.764. The number of sulfonamides is 1. The summed E-state index contributed by atoms with van der Waals surface area (Å²) in [7, 11) is -3.76. The Kier molecular flexibility index (Phi) is 5.43. The van der Waals surface area contributed by atoms with Crippen LogP contribution in [0.3, 0.4) is 0 Å². The average Bonchev–Trinajstić information content (AvgIpc) is 2.67. The molecule has 1 fully saturated rings. The molecule has 0 atom stereocenters. The fourth-order valence-electron chi connectivity index (χ4n) is 2.67. The summed E-state index contributed by atoms with van der Waals surface area (Å²) >= 11 is 0. The van der Waals surface area contributed by atoms with E-state index in [-0.39, 0.29) is 37.0 Å². The number of carbonyl (C=O) groups excluding carboxylic acids is 1. The third-order valence-corrected chi connectivity index (χ3v) is 5.98. The minimum absolute atomic E-state index is 0.0752. The van der Waals surface area contributed by atoms with Crippen molar-refractivity contribution in [3.8, 4) is 0 Å². The zero-order valence-electron chi connectivity index (χ0n) is 14.0. The number of nitrogens with zero attached hydrogens (tertiary/aromatic N) is 3. The fraction of sp³-hybridized carbons (Fsp3) is 0.222. The zero-order valence-corrected chi connectivity index (χ0v) is 14.8. The molecule has 0 spiro atoms. The molecule has 0 N–H and O–H groups in total. The molecule has 136 valence electrons. The summed E-state index contributed by atoms with van der Waals surface area (Å²) in [6.07, 6.45) is 6.42. The van der Waals surface area contributed by atoms with Crippen molar-refractivity contribution in [3.05, 3.63) is 66.2 Å². The summed E-state index contributed by atoms with van der Waals surface area (Å²) < 4.78 is 39.7. The van der Waals surface area contributed by atoms with Gasteiger partial charge in [0.25, 0.3) is 0 Å². The maximum atomic E-state index is 13.3. The second-order valence-electron chi connectivity index (χ2n) is 5.81. The number of carbonyl (C=O) groups is 1. The number of piperazine rings is 1. The van der Waals surface area contributed by atoms with E-state index in [1.165, 1.54) is 28.6 Å². The minimum atomic E-state index is -3.76. The van der Waals surface area contributed by atoms with Crippen LogP contribution in [-0.2, 0) is 14.8 Å². The first-order chi connectivity index (χ1) is 12.5. The molecule has 3 rings (SSSR count). The third kappa shape index (κ3) is 4.14. The Morgan fingerprint density at radius 1 is 1.12 bits per heavy atom. The summed E-state index contributed by atoms with van der Waals surface area (Å²) in [5.41, 5.74) is 0.813. The number of halogens is 1. The molecule has 1 aliphatic heterocycles. The highest BCUT2D eigenvalue weighted by Crippen LogP contribution is 2.18. The number of benzene rings is 1. The monoisotopic (exact) mass is 375 g/mol. The normalized spacial score (nSPS) is 16.1. The molecule has 0 radical (unpaired) electrons. The maximum Gasteiger partial charge on any atom is 0.246 e. The number of amides is 1. The molecule has 2 aromatic rings. The molecule has 2 heterocycles. The van der Waals surface area contributed by atoms with Gasteiger partial charge < -0.3 is 4.90 Å². The SMILES string of the molecule is O=C(/C=C/c1cccnc1)N1CCN(S(=O)(=O)c2cccc(F)c2)CC1. The summed E-state index contributed by atoms with van der Waals surface area (Å²) in [5, 5.41) is 0. The largest absolute Gasteiger partial charge is 0.337 e.